The Hall–Kier alpha value is -2.80. The monoisotopic (exact) mass is 788 g/mol. The van der Waals surface area contributed by atoms with E-state index in [0.29, 0.717) is 6.04 Å². The van der Waals surface area contributed by atoms with E-state index >= 15 is 0 Å². The fourth-order valence-corrected chi connectivity index (χ4v) is 12.5. The van der Waals surface area contributed by atoms with Crippen LogP contribution in [0.15, 0.2) is 90.6 Å². The molecule has 2 atom stereocenters. The molecule has 4 nitrogen and oxygen atoms in total. The zero-order valence-electron chi connectivity index (χ0n) is 34.2. The highest BCUT2D eigenvalue weighted by molar-refractivity contribution is 8.76. The second-order valence-corrected chi connectivity index (χ2v) is 20.1. The maximum atomic E-state index is 2.75. The predicted molar refractivity (Wildman–Crippen MR) is 240 cm³/mol. The molecule has 56 heavy (non-hydrogen) atoms. The van der Waals surface area contributed by atoms with Crippen LogP contribution in [0.1, 0.15) is 118 Å². The Morgan fingerprint density at radius 2 is 1.23 bits per heavy atom. The van der Waals surface area contributed by atoms with Crippen molar-refractivity contribution in [3.8, 4) is 0 Å². The van der Waals surface area contributed by atoms with E-state index in [1.165, 1.54) is 157 Å². The Labute approximate surface area is 347 Å². The second kappa shape index (κ2) is 20.8. The number of hydrogen-bond acceptors (Lipinski definition) is 4. The van der Waals surface area contributed by atoms with Gasteiger partial charge in [-0.15, -0.1) is 0 Å². The molecule has 4 aliphatic heterocycles. The average Bonchev–Trinajstić information content (AvgIpc) is 3.23. The SMILES string of the molecule is C1=C(/C=C/c2cc[n+](CCCCCCSSCCCCCC[n+]3ccc(CCc4cc5c6c(c4)CCCN6CCC5)cc3)cc2)C=C2CCCN3CCCC1C23. The van der Waals surface area contributed by atoms with Crippen LogP contribution in [-0.2, 0) is 38.8 Å². The summed E-state index contributed by atoms with van der Waals surface area (Å²) in [5, 5.41) is 0. The predicted octanol–water partition coefficient (Wildman–Crippen LogP) is 10.7. The number of aryl methyl sites for hydroxylation is 6. The molecule has 0 bridgehead atoms. The summed E-state index contributed by atoms with van der Waals surface area (Å²) in [5.41, 5.74) is 12.3. The fourth-order valence-electron chi connectivity index (χ4n) is 10.2. The lowest BCUT2D eigenvalue weighted by Crippen LogP contribution is -2.49. The number of benzene rings is 1. The van der Waals surface area contributed by atoms with E-state index in [1.807, 2.05) is 0 Å². The van der Waals surface area contributed by atoms with Crippen LogP contribution in [0.4, 0.5) is 5.69 Å². The third-order valence-electron chi connectivity index (χ3n) is 13.1. The highest BCUT2D eigenvalue weighted by Crippen LogP contribution is 2.40. The summed E-state index contributed by atoms with van der Waals surface area (Å²) in [4.78, 5) is 5.40. The van der Waals surface area contributed by atoms with Crippen LogP contribution in [0.3, 0.4) is 0 Å². The normalized spacial score (nSPS) is 20.5. The van der Waals surface area contributed by atoms with E-state index in [0.717, 1.165) is 31.8 Å². The summed E-state index contributed by atoms with van der Waals surface area (Å²) < 4.78 is 4.75. The minimum absolute atomic E-state index is 0.703. The molecule has 0 spiro atoms. The van der Waals surface area contributed by atoms with Gasteiger partial charge in [0, 0.05) is 73.4 Å². The van der Waals surface area contributed by atoms with Gasteiger partial charge >= 0.3 is 0 Å². The van der Waals surface area contributed by atoms with E-state index in [2.05, 4.69) is 126 Å². The first kappa shape index (κ1) is 40.0. The van der Waals surface area contributed by atoms with Gasteiger partial charge in [-0.1, -0.05) is 76.4 Å². The lowest BCUT2D eigenvalue weighted by Gasteiger charge is -2.46. The molecule has 2 aromatic heterocycles. The van der Waals surface area contributed by atoms with Crippen molar-refractivity contribution in [3.05, 3.63) is 118 Å². The van der Waals surface area contributed by atoms with Crippen molar-refractivity contribution in [2.45, 2.75) is 135 Å². The maximum Gasteiger partial charge on any atom is 0.169 e. The third kappa shape index (κ3) is 11.0. The van der Waals surface area contributed by atoms with Crippen LogP contribution in [0.2, 0.25) is 0 Å². The Kier molecular flexibility index (Phi) is 14.8. The third-order valence-corrected chi connectivity index (χ3v) is 15.7. The summed E-state index contributed by atoms with van der Waals surface area (Å²) in [6, 6.07) is 15.0. The molecule has 3 aromatic rings. The van der Waals surface area contributed by atoms with Gasteiger partial charge in [0.2, 0.25) is 0 Å². The van der Waals surface area contributed by atoms with Gasteiger partial charge < -0.3 is 4.90 Å². The van der Waals surface area contributed by atoms with Crippen molar-refractivity contribution < 1.29 is 9.13 Å². The molecule has 1 aliphatic carbocycles. The fraction of sp³-hybridized carbons (Fsp3) is 0.560. The Morgan fingerprint density at radius 3 is 1.93 bits per heavy atom. The molecule has 1 aromatic carbocycles. The molecular formula is C50H68N4S2+2. The van der Waals surface area contributed by atoms with Crippen molar-refractivity contribution in [1.82, 2.24) is 4.90 Å². The number of rotatable bonds is 20. The van der Waals surface area contributed by atoms with Gasteiger partial charge in [-0.05, 0) is 142 Å². The quantitative estimate of drug-likeness (QED) is 0.0643. The number of piperidine rings is 2. The van der Waals surface area contributed by atoms with Crippen LogP contribution in [-0.4, -0.2) is 48.6 Å². The van der Waals surface area contributed by atoms with Crippen LogP contribution in [0, 0.1) is 5.92 Å². The lowest BCUT2D eigenvalue weighted by atomic mass is 9.76. The number of nitrogens with zero attached hydrogens (tertiary/aromatic N) is 4. The number of allylic oxidation sites excluding steroid dienone is 3. The van der Waals surface area contributed by atoms with E-state index in [1.54, 1.807) is 28.0 Å². The number of pyridine rings is 2. The first-order chi connectivity index (χ1) is 27.7. The van der Waals surface area contributed by atoms with E-state index in [9.17, 15) is 0 Å². The summed E-state index contributed by atoms with van der Waals surface area (Å²) >= 11 is 0. The molecule has 298 valence electrons. The van der Waals surface area contributed by atoms with Crippen molar-refractivity contribution in [2.24, 2.45) is 5.92 Å². The molecule has 5 aliphatic rings. The van der Waals surface area contributed by atoms with Crippen LogP contribution < -0.4 is 14.0 Å². The minimum Gasteiger partial charge on any atom is -0.371 e. The van der Waals surface area contributed by atoms with E-state index in [-0.39, 0.29) is 0 Å². The number of anilines is 1. The second-order valence-electron chi connectivity index (χ2n) is 17.4. The molecule has 2 fully saturated rings. The van der Waals surface area contributed by atoms with Crippen molar-refractivity contribution in [3.63, 3.8) is 0 Å². The molecule has 2 saturated heterocycles. The first-order valence-electron chi connectivity index (χ1n) is 22.7. The van der Waals surface area contributed by atoms with Gasteiger partial charge in [0.15, 0.2) is 24.8 Å². The van der Waals surface area contributed by atoms with E-state index < -0.39 is 0 Å². The van der Waals surface area contributed by atoms with Gasteiger partial charge in [-0.25, -0.2) is 9.13 Å². The van der Waals surface area contributed by atoms with E-state index in [4.69, 9.17) is 0 Å². The molecule has 0 saturated carbocycles. The Bertz CT molecular complexity index is 1760. The van der Waals surface area contributed by atoms with Gasteiger partial charge in [-0.2, -0.15) is 0 Å². The van der Waals surface area contributed by atoms with Crippen LogP contribution in [0.25, 0.3) is 6.08 Å². The smallest absolute Gasteiger partial charge is 0.169 e. The van der Waals surface area contributed by atoms with Crippen LogP contribution >= 0.6 is 21.6 Å². The molecule has 0 amide bonds. The van der Waals surface area contributed by atoms with Gasteiger partial charge in [0.25, 0.3) is 0 Å². The minimum atomic E-state index is 0.703. The summed E-state index contributed by atoms with van der Waals surface area (Å²) in [7, 11) is 4.20. The number of unbranched alkanes of at least 4 members (excludes halogenated alkanes) is 6. The zero-order chi connectivity index (χ0) is 37.8. The molecule has 6 heteroatoms. The molecule has 2 unspecified atom stereocenters. The summed E-state index contributed by atoms with van der Waals surface area (Å²) in [6.45, 7) is 7.39. The van der Waals surface area contributed by atoms with Gasteiger partial charge in [0.1, 0.15) is 13.1 Å². The highest BCUT2D eigenvalue weighted by atomic mass is 33.1. The molecule has 0 radical (unpaired) electrons. The molecule has 6 heterocycles. The molecule has 8 rings (SSSR count). The summed E-state index contributed by atoms with van der Waals surface area (Å²) in [6.07, 6.45) is 42.3. The molecule has 0 N–H and O–H groups in total. The highest BCUT2D eigenvalue weighted by Gasteiger charge is 2.36. The zero-order valence-corrected chi connectivity index (χ0v) is 35.9. The Balaban J connectivity index is 0.617. The lowest BCUT2D eigenvalue weighted by molar-refractivity contribution is -0.697. The number of aromatic nitrogens is 2. The maximum absolute atomic E-state index is 2.75. The first-order valence-corrected chi connectivity index (χ1v) is 25.2. The van der Waals surface area contributed by atoms with Crippen LogP contribution in [0.5, 0.6) is 0 Å². The summed E-state index contributed by atoms with van der Waals surface area (Å²) in [5.74, 6) is 3.32. The van der Waals surface area contributed by atoms with Gasteiger partial charge in [-0.3, -0.25) is 4.90 Å². The van der Waals surface area contributed by atoms with Crippen molar-refractivity contribution in [1.29, 1.82) is 0 Å². The van der Waals surface area contributed by atoms with Crippen molar-refractivity contribution in [2.75, 3.05) is 42.6 Å². The topological polar surface area (TPSA) is 14.2 Å². The largest absolute Gasteiger partial charge is 0.371 e. The average molecular weight is 789 g/mol. The number of hydrogen-bond donors (Lipinski definition) is 0. The van der Waals surface area contributed by atoms with Gasteiger partial charge in [0.05, 0.1) is 0 Å². The van der Waals surface area contributed by atoms with Crippen molar-refractivity contribution >= 4 is 33.4 Å². The molecular weight excluding hydrogens is 721 g/mol. The Morgan fingerprint density at radius 1 is 0.625 bits per heavy atom. The standard InChI is InChI=1S/C50H68N4S2/c1(5-25-51-31-21-41(22-32-51)17-19-43-37-45-13-9-27-53-28-10-14-46(38-43)49(45)53)3-7-35-55-56-36-8-4-2-6-26-52-33-23-42(24-34-52)18-20-44-39-47-15-11-29-54-30-12-16-48(40-44)50(47)54/h17,19,21-24,31-34,37-40,45,49H,1-16,18,20,25-30,35-36H2/q+2/b19-17+.